The first-order valence-corrected chi connectivity index (χ1v) is 6.70. The second kappa shape index (κ2) is 6.53. The van der Waals surface area contributed by atoms with Gasteiger partial charge in [-0.15, -0.1) is 0 Å². The van der Waals surface area contributed by atoms with Gasteiger partial charge in [0.1, 0.15) is 0 Å². The summed E-state index contributed by atoms with van der Waals surface area (Å²) >= 11 is 5.11. The van der Waals surface area contributed by atoms with Gasteiger partial charge in [-0.3, -0.25) is 0 Å². The van der Waals surface area contributed by atoms with Crippen molar-refractivity contribution < 1.29 is 10.2 Å². The van der Waals surface area contributed by atoms with Gasteiger partial charge in [-0.05, 0) is 24.1 Å². The number of halogens is 1. The fraction of sp³-hybridized carbons (Fsp3) is 0.455. The highest BCUT2D eigenvalue weighted by molar-refractivity contribution is 9.10. The van der Waals surface area contributed by atoms with Crippen molar-refractivity contribution in [2.24, 2.45) is 0 Å². The van der Waals surface area contributed by atoms with Crippen molar-refractivity contribution in [3.8, 4) is 0 Å². The Kier molecular flexibility index (Phi) is 5.68. The van der Waals surface area contributed by atoms with Crippen molar-refractivity contribution in [2.45, 2.75) is 18.8 Å². The van der Waals surface area contributed by atoms with Gasteiger partial charge in [-0.25, -0.2) is 0 Å². The van der Waals surface area contributed by atoms with Crippen LogP contribution in [0.25, 0.3) is 0 Å². The highest BCUT2D eigenvalue weighted by atomic mass is 79.9. The van der Waals surface area contributed by atoms with E-state index in [-0.39, 0.29) is 6.61 Å². The van der Waals surface area contributed by atoms with Gasteiger partial charge >= 0.3 is 0 Å². The maximum atomic E-state index is 9.18. The predicted octanol–water partition coefficient (Wildman–Crippen LogP) is 2.34. The second-order valence-electron chi connectivity index (χ2n) is 3.38. The lowest BCUT2D eigenvalue weighted by Gasteiger charge is -2.09. The van der Waals surface area contributed by atoms with Crippen LogP contribution in [0.4, 0.5) is 0 Å². The van der Waals surface area contributed by atoms with E-state index in [1.165, 1.54) is 11.1 Å². The highest BCUT2D eigenvalue weighted by Crippen LogP contribution is 2.23. The summed E-state index contributed by atoms with van der Waals surface area (Å²) in [5, 5.41) is 17.8. The van der Waals surface area contributed by atoms with Crippen molar-refractivity contribution in [1.82, 2.24) is 0 Å². The van der Waals surface area contributed by atoms with Crippen LogP contribution >= 0.6 is 27.7 Å². The average molecular weight is 291 g/mol. The number of hydrogen-bond donors (Lipinski definition) is 2. The van der Waals surface area contributed by atoms with E-state index in [0.29, 0.717) is 5.75 Å². The summed E-state index contributed by atoms with van der Waals surface area (Å²) in [6, 6.07) is 6.11. The second-order valence-corrected chi connectivity index (χ2v) is 5.26. The first kappa shape index (κ1) is 13.0. The lowest BCUT2D eigenvalue weighted by molar-refractivity contribution is 0.113. The molecule has 0 saturated carbocycles. The molecule has 4 heteroatoms. The van der Waals surface area contributed by atoms with E-state index in [4.69, 9.17) is 5.11 Å². The van der Waals surface area contributed by atoms with Crippen LogP contribution in [-0.4, -0.2) is 28.7 Å². The third kappa shape index (κ3) is 4.15. The Bertz CT molecular complexity index is 317. The van der Waals surface area contributed by atoms with Crippen molar-refractivity contribution in [2.75, 3.05) is 12.4 Å². The van der Waals surface area contributed by atoms with Crippen molar-refractivity contribution >= 4 is 27.7 Å². The number of aliphatic hydroxyl groups is 2. The Morgan fingerprint density at radius 1 is 1.47 bits per heavy atom. The van der Waals surface area contributed by atoms with Gasteiger partial charge < -0.3 is 10.2 Å². The minimum Gasteiger partial charge on any atom is -0.394 e. The van der Waals surface area contributed by atoms with Crippen LogP contribution in [0, 0.1) is 6.92 Å². The molecule has 0 aromatic heterocycles. The van der Waals surface area contributed by atoms with Crippen LogP contribution < -0.4 is 0 Å². The Morgan fingerprint density at radius 3 is 2.87 bits per heavy atom. The molecule has 0 bridgehead atoms. The van der Waals surface area contributed by atoms with Crippen LogP contribution in [-0.2, 0) is 5.75 Å². The lowest BCUT2D eigenvalue weighted by atomic mass is 10.1. The number of benzene rings is 1. The van der Waals surface area contributed by atoms with E-state index < -0.39 is 6.10 Å². The number of thioether (sulfide) groups is 1. The van der Waals surface area contributed by atoms with Crippen LogP contribution in [0.5, 0.6) is 0 Å². The molecule has 2 nitrogen and oxygen atoms in total. The minimum atomic E-state index is -0.609. The van der Waals surface area contributed by atoms with Gasteiger partial charge in [0.25, 0.3) is 0 Å². The molecular formula is C11H15BrO2S. The van der Waals surface area contributed by atoms with Gasteiger partial charge in [0.2, 0.25) is 0 Å². The summed E-state index contributed by atoms with van der Waals surface area (Å²) in [6.45, 7) is 1.91. The molecule has 15 heavy (non-hydrogen) atoms. The zero-order chi connectivity index (χ0) is 11.3. The Balaban J connectivity index is 2.47. The monoisotopic (exact) mass is 290 g/mol. The van der Waals surface area contributed by atoms with Crippen LogP contribution in [0.15, 0.2) is 22.7 Å². The fourth-order valence-corrected chi connectivity index (χ4v) is 2.60. The Hall–Kier alpha value is -0.0300. The summed E-state index contributed by atoms with van der Waals surface area (Å²) < 4.78 is 1.11. The third-order valence-corrected chi connectivity index (χ3v) is 4.15. The van der Waals surface area contributed by atoms with E-state index >= 15 is 0 Å². The first-order chi connectivity index (χ1) is 7.15. The van der Waals surface area contributed by atoms with Crippen molar-refractivity contribution in [3.05, 3.63) is 33.8 Å². The molecule has 0 radical (unpaired) electrons. The molecule has 0 unspecified atom stereocenters. The normalized spacial score (nSPS) is 12.8. The summed E-state index contributed by atoms with van der Waals surface area (Å²) in [4.78, 5) is 0. The number of aliphatic hydroxyl groups excluding tert-OH is 2. The molecule has 0 heterocycles. The average Bonchev–Trinajstić information content (AvgIpc) is 2.24. The highest BCUT2D eigenvalue weighted by Gasteiger charge is 2.04. The van der Waals surface area contributed by atoms with Gasteiger partial charge in [0.15, 0.2) is 0 Å². The smallest absolute Gasteiger partial charge is 0.0861 e. The summed E-state index contributed by atoms with van der Waals surface area (Å²) in [5.41, 5.74) is 2.50. The molecule has 1 atom stereocenters. The standard InChI is InChI=1S/C11H15BrO2S/c1-8-9(3-2-4-11(8)12)6-15-7-10(14)5-13/h2-4,10,13-14H,5-7H2,1H3/t10-/m1/s1. The largest absolute Gasteiger partial charge is 0.394 e. The minimum absolute atomic E-state index is 0.162. The molecule has 1 aromatic rings. The number of hydrogen-bond acceptors (Lipinski definition) is 3. The third-order valence-electron chi connectivity index (χ3n) is 2.16. The van der Waals surface area contributed by atoms with Crippen LogP contribution in [0.1, 0.15) is 11.1 Å². The maximum Gasteiger partial charge on any atom is 0.0861 e. The Labute approximate surface area is 103 Å². The summed E-state index contributed by atoms with van der Waals surface area (Å²) in [6.07, 6.45) is -0.609. The zero-order valence-electron chi connectivity index (χ0n) is 8.61. The molecule has 0 aliphatic heterocycles. The van der Waals surface area contributed by atoms with Gasteiger partial charge in [0, 0.05) is 16.0 Å². The number of rotatable bonds is 5. The van der Waals surface area contributed by atoms with Crippen LogP contribution in [0.3, 0.4) is 0 Å². The summed E-state index contributed by atoms with van der Waals surface area (Å²) in [5.74, 6) is 1.44. The van der Waals surface area contributed by atoms with Gasteiger partial charge in [-0.1, -0.05) is 28.1 Å². The molecule has 0 fully saturated rings. The molecule has 0 amide bonds. The van der Waals surface area contributed by atoms with Crippen LogP contribution in [0.2, 0.25) is 0 Å². The van der Waals surface area contributed by atoms with E-state index in [1.807, 2.05) is 12.1 Å². The zero-order valence-corrected chi connectivity index (χ0v) is 11.0. The molecule has 0 saturated heterocycles. The Morgan fingerprint density at radius 2 is 2.20 bits per heavy atom. The molecule has 1 aromatic carbocycles. The predicted molar refractivity (Wildman–Crippen MR) is 68.1 cm³/mol. The van der Waals surface area contributed by atoms with Gasteiger partial charge in [-0.2, -0.15) is 11.8 Å². The molecule has 0 aliphatic rings. The van der Waals surface area contributed by atoms with Crippen molar-refractivity contribution in [3.63, 3.8) is 0 Å². The quantitative estimate of drug-likeness (QED) is 0.875. The first-order valence-electron chi connectivity index (χ1n) is 4.75. The molecule has 2 N–H and O–H groups in total. The molecule has 1 rings (SSSR count). The molecule has 84 valence electrons. The van der Waals surface area contributed by atoms with E-state index in [2.05, 4.69) is 28.9 Å². The summed E-state index contributed by atoms with van der Waals surface area (Å²) in [7, 11) is 0. The van der Waals surface area contributed by atoms with Crippen molar-refractivity contribution in [1.29, 1.82) is 0 Å². The van der Waals surface area contributed by atoms with E-state index in [9.17, 15) is 5.11 Å². The van der Waals surface area contributed by atoms with Gasteiger partial charge in [0.05, 0.1) is 12.7 Å². The topological polar surface area (TPSA) is 40.5 Å². The van der Waals surface area contributed by atoms with E-state index in [1.54, 1.807) is 11.8 Å². The molecule has 0 aliphatic carbocycles. The maximum absolute atomic E-state index is 9.18. The fourth-order valence-electron chi connectivity index (χ4n) is 1.17. The SMILES string of the molecule is Cc1c(Br)cccc1CSC[C@H](O)CO. The molecular weight excluding hydrogens is 276 g/mol. The molecule has 0 spiro atoms. The van der Waals surface area contributed by atoms with E-state index in [0.717, 1.165) is 10.2 Å². The lowest BCUT2D eigenvalue weighted by Crippen LogP contribution is -2.14.